The number of aromatic nitrogens is 1. The van der Waals surface area contributed by atoms with Crippen molar-refractivity contribution in [2.24, 2.45) is 0 Å². The zero-order valence-electron chi connectivity index (χ0n) is 5.90. The molecule has 0 radical (unpaired) electrons. The maximum absolute atomic E-state index is 12.4. The summed E-state index contributed by atoms with van der Waals surface area (Å²) in [6, 6.07) is 3.60. The van der Waals surface area contributed by atoms with Crippen molar-refractivity contribution in [3.05, 3.63) is 23.8 Å². The van der Waals surface area contributed by atoms with Crippen molar-refractivity contribution in [3.8, 4) is 6.07 Å². The normalized spacial score (nSPS) is 9.17. The smallest absolute Gasteiger partial charge is 0.423 e. The Bertz CT molecular complexity index is 337. The van der Waals surface area contributed by atoms with E-state index in [-0.39, 0.29) is 11.2 Å². The number of nitrogens with zero attached hydrogens (tertiary/aromatic N) is 2. The monoisotopic (exact) mass is 166 g/mol. The minimum atomic E-state index is -1.80. The summed E-state index contributed by atoms with van der Waals surface area (Å²) in [7, 11) is -1.80. The third-order valence-electron chi connectivity index (χ3n) is 1.28. The molecule has 60 valence electrons. The van der Waals surface area contributed by atoms with E-state index < -0.39 is 13.1 Å². The molecule has 0 saturated carbocycles. The molecule has 1 aromatic rings. The Hall–Kier alpha value is -1.45. The van der Waals surface area contributed by atoms with E-state index in [1.165, 1.54) is 0 Å². The van der Waals surface area contributed by atoms with Crippen LogP contribution in [0.5, 0.6) is 0 Å². The fraction of sp³-hybridized carbons (Fsp3) is 0. The standard InChI is InChI=1S/C6H4BFN2O2/c8-6-2-1-4(7(11)12)5(3-9)10-6/h1-2,11-12H. The molecule has 0 aromatic carbocycles. The van der Waals surface area contributed by atoms with E-state index in [4.69, 9.17) is 15.3 Å². The Labute approximate surface area is 68.1 Å². The van der Waals surface area contributed by atoms with Crippen LogP contribution in [-0.2, 0) is 0 Å². The molecule has 12 heavy (non-hydrogen) atoms. The van der Waals surface area contributed by atoms with E-state index in [2.05, 4.69) is 4.98 Å². The Morgan fingerprint density at radius 1 is 1.50 bits per heavy atom. The summed E-state index contributed by atoms with van der Waals surface area (Å²) in [6.07, 6.45) is 0. The van der Waals surface area contributed by atoms with Gasteiger partial charge in [0.1, 0.15) is 11.8 Å². The third kappa shape index (κ3) is 1.58. The molecule has 2 N–H and O–H groups in total. The van der Waals surface area contributed by atoms with Gasteiger partial charge in [-0.1, -0.05) is 6.07 Å². The molecule has 0 aliphatic heterocycles. The Morgan fingerprint density at radius 2 is 2.17 bits per heavy atom. The molecule has 0 aliphatic rings. The van der Waals surface area contributed by atoms with Gasteiger partial charge in [-0.2, -0.15) is 9.65 Å². The Balaban J connectivity index is 3.23. The molecule has 0 spiro atoms. The van der Waals surface area contributed by atoms with E-state index >= 15 is 0 Å². The second-order valence-electron chi connectivity index (χ2n) is 2.06. The predicted octanol–water partition coefficient (Wildman–Crippen LogP) is -1.23. The SMILES string of the molecule is N#Cc1nc(F)ccc1B(O)O. The second kappa shape index (κ2) is 3.30. The van der Waals surface area contributed by atoms with Gasteiger partial charge in [-0.3, -0.25) is 0 Å². The fourth-order valence-electron chi connectivity index (χ4n) is 0.744. The molecule has 4 nitrogen and oxygen atoms in total. The Morgan fingerprint density at radius 3 is 2.67 bits per heavy atom. The van der Waals surface area contributed by atoms with Gasteiger partial charge in [-0.15, -0.1) is 0 Å². The molecule has 0 fully saturated rings. The average molecular weight is 166 g/mol. The van der Waals surface area contributed by atoms with Crippen molar-refractivity contribution < 1.29 is 14.4 Å². The van der Waals surface area contributed by atoms with E-state index in [9.17, 15) is 4.39 Å². The topological polar surface area (TPSA) is 77.1 Å². The number of hydrogen-bond acceptors (Lipinski definition) is 4. The van der Waals surface area contributed by atoms with Crippen LogP contribution in [0.4, 0.5) is 4.39 Å². The van der Waals surface area contributed by atoms with Crippen LogP contribution in [-0.4, -0.2) is 22.2 Å². The van der Waals surface area contributed by atoms with Crippen LogP contribution in [0.1, 0.15) is 5.69 Å². The average Bonchev–Trinajstić information content (AvgIpc) is 2.03. The van der Waals surface area contributed by atoms with Crippen LogP contribution in [0.3, 0.4) is 0 Å². The first-order chi connectivity index (χ1) is 5.65. The molecule has 0 aliphatic carbocycles. The maximum Gasteiger partial charge on any atom is 0.491 e. The first-order valence-electron chi connectivity index (χ1n) is 3.08. The minimum absolute atomic E-state index is 0.0982. The third-order valence-corrected chi connectivity index (χ3v) is 1.28. The van der Waals surface area contributed by atoms with Gasteiger partial charge in [0.25, 0.3) is 0 Å². The fourth-order valence-corrected chi connectivity index (χ4v) is 0.744. The zero-order valence-corrected chi connectivity index (χ0v) is 5.90. The van der Waals surface area contributed by atoms with Gasteiger partial charge >= 0.3 is 7.12 Å². The van der Waals surface area contributed by atoms with Gasteiger partial charge in [0.15, 0.2) is 0 Å². The van der Waals surface area contributed by atoms with Gasteiger partial charge in [-0.05, 0) is 6.07 Å². The lowest BCUT2D eigenvalue weighted by molar-refractivity contribution is 0.425. The first-order valence-corrected chi connectivity index (χ1v) is 3.08. The van der Waals surface area contributed by atoms with Crippen molar-refractivity contribution in [3.63, 3.8) is 0 Å². The lowest BCUT2D eigenvalue weighted by Crippen LogP contribution is -2.33. The van der Waals surface area contributed by atoms with Crippen LogP contribution < -0.4 is 5.46 Å². The summed E-state index contributed by atoms with van der Waals surface area (Å²) in [5.74, 6) is -0.823. The van der Waals surface area contributed by atoms with Crippen molar-refractivity contribution in [2.75, 3.05) is 0 Å². The van der Waals surface area contributed by atoms with Gasteiger partial charge < -0.3 is 10.0 Å². The van der Waals surface area contributed by atoms with E-state index in [1.54, 1.807) is 6.07 Å². The molecule has 0 unspecified atom stereocenters. The van der Waals surface area contributed by atoms with Crippen molar-refractivity contribution in [1.29, 1.82) is 5.26 Å². The molecule has 1 rings (SSSR count). The number of nitriles is 1. The Kier molecular flexibility index (Phi) is 2.38. The van der Waals surface area contributed by atoms with Crippen LogP contribution in [0, 0.1) is 17.3 Å². The van der Waals surface area contributed by atoms with Gasteiger partial charge in [0, 0.05) is 5.46 Å². The van der Waals surface area contributed by atoms with Crippen LogP contribution in [0.15, 0.2) is 12.1 Å². The molecular weight excluding hydrogens is 162 g/mol. The molecule has 6 heteroatoms. The van der Waals surface area contributed by atoms with Crippen molar-refractivity contribution >= 4 is 12.6 Å². The van der Waals surface area contributed by atoms with E-state index in [1.807, 2.05) is 0 Å². The zero-order chi connectivity index (χ0) is 9.14. The quantitative estimate of drug-likeness (QED) is 0.404. The molecule has 1 heterocycles. The molecule has 0 saturated heterocycles. The largest absolute Gasteiger partial charge is 0.491 e. The molecule has 0 amide bonds. The number of halogens is 1. The lowest BCUT2D eigenvalue weighted by Gasteiger charge is -1.99. The summed E-state index contributed by atoms with van der Waals surface area (Å²) < 4.78 is 12.4. The van der Waals surface area contributed by atoms with Crippen molar-refractivity contribution in [2.45, 2.75) is 0 Å². The van der Waals surface area contributed by atoms with Gasteiger partial charge in [-0.25, -0.2) is 4.98 Å². The van der Waals surface area contributed by atoms with Crippen molar-refractivity contribution in [1.82, 2.24) is 4.98 Å². The highest BCUT2D eigenvalue weighted by molar-refractivity contribution is 6.59. The van der Waals surface area contributed by atoms with Crippen LogP contribution in [0.25, 0.3) is 0 Å². The van der Waals surface area contributed by atoms with E-state index in [0.717, 1.165) is 12.1 Å². The summed E-state index contributed by atoms with van der Waals surface area (Å²) >= 11 is 0. The highest BCUT2D eigenvalue weighted by Crippen LogP contribution is 1.94. The van der Waals surface area contributed by atoms with Gasteiger partial charge in [0.2, 0.25) is 5.95 Å². The maximum atomic E-state index is 12.4. The van der Waals surface area contributed by atoms with E-state index in [0.29, 0.717) is 0 Å². The van der Waals surface area contributed by atoms with Crippen LogP contribution >= 0.6 is 0 Å². The molecule has 0 bridgehead atoms. The highest BCUT2D eigenvalue weighted by atomic mass is 19.1. The second-order valence-corrected chi connectivity index (χ2v) is 2.06. The molecular formula is C6H4BFN2O2. The molecule has 1 aromatic heterocycles. The predicted molar refractivity (Wildman–Crippen MR) is 38.7 cm³/mol. The summed E-state index contributed by atoms with van der Waals surface area (Å²) in [4.78, 5) is 3.17. The highest BCUT2D eigenvalue weighted by Gasteiger charge is 2.17. The van der Waals surface area contributed by atoms with Gasteiger partial charge in [0.05, 0.1) is 0 Å². The minimum Gasteiger partial charge on any atom is -0.423 e. The lowest BCUT2D eigenvalue weighted by atomic mass is 9.79. The molecule has 0 atom stereocenters. The first kappa shape index (κ1) is 8.65. The summed E-state index contributed by atoms with van der Waals surface area (Å²) in [5, 5.41) is 25.7. The summed E-state index contributed by atoms with van der Waals surface area (Å²) in [5.41, 5.74) is -0.413. The number of hydrogen-bond donors (Lipinski definition) is 2. The number of pyridine rings is 1. The number of rotatable bonds is 1. The summed E-state index contributed by atoms with van der Waals surface area (Å²) in [6.45, 7) is 0. The van der Waals surface area contributed by atoms with Crippen LogP contribution in [0.2, 0.25) is 0 Å².